The van der Waals surface area contributed by atoms with E-state index < -0.39 is 17.3 Å². The van der Waals surface area contributed by atoms with Crippen LogP contribution in [0.25, 0.3) is 17.1 Å². The van der Waals surface area contributed by atoms with Crippen molar-refractivity contribution in [3.8, 4) is 17.1 Å². The molecular formula is C15H10F3N3O. The van der Waals surface area contributed by atoms with Gasteiger partial charge in [-0.05, 0) is 24.3 Å². The van der Waals surface area contributed by atoms with Gasteiger partial charge in [0.15, 0.2) is 5.82 Å². The number of H-pyrrole nitrogens is 1. The van der Waals surface area contributed by atoms with E-state index in [1.165, 1.54) is 29.1 Å². The molecule has 0 radical (unpaired) electrons. The van der Waals surface area contributed by atoms with Crippen LogP contribution in [-0.2, 0) is 6.18 Å². The molecule has 3 aromatic rings. The second-order valence-electron chi connectivity index (χ2n) is 4.61. The van der Waals surface area contributed by atoms with Crippen molar-refractivity contribution in [1.29, 1.82) is 0 Å². The molecule has 0 aliphatic heterocycles. The van der Waals surface area contributed by atoms with Gasteiger partial charge in [-0.1, -0.05) is 18.2 Å². The minimum absolute atomic E-state index is 0.279. The lowest BCUT2D eigenvalue weighted by Gasteiger charge is -2.07. The second kappa shape index (κ2) is 5.18. The Hall–Kier alpha value is -2.83. The van der Waals surface area contributed by atoms with E-state index in [-0.39, 0.29) is 5.56 Å². The molecule has 0 atom stereocenters. The molecule has 2 heterocycles. The van der Waals surface area contributed by atoms with Gasteiger partial charge in [0.05, 0.1) is 11.3 Å². The average molecular weight is 305 g/mol. The van der Waals surface area contributed by atoms with Gasteiger partial charge in [-0.2, -0.15) is 13.2 Å². The smallest absolute Gasteiger partial charge is 0.289 e. The van der Waals surface area contributed by atoms with Crippen molar-refractivity contribution in [2.45, 2.75) is 6.18 Å². The molecule has 0 bridgehead atoms. The molecule has 0 unspecified atom stereocenters. The van der Waals surface area contributed by atoms with Crippen LogP contribution >= 0.6 is 0 Å². The fourth-order valence-electron chi connectivity index (χ4n) is 2.06. The summed E-state index contributed by atoms with van der Waals surface area (Å²) in [6.45, 7) is 0. The quantitative estimate of drug-likeness (QED) is 0.790. The molecule has 0 aliphatic rings. The van der Waals surface area contributed by atoms with E-state index in [0.717, 1.165) is 12.1 Å². The summed E-state index contributed by atoms with van der Waals surface area (Å²) in [7, 11) is 0. The molecule has 0 saturated heterocycles. The number of hydrogen-bond acceptors (Lipinski definition) is 2. The number of nitrogens with zero attached hydrogens (tertiary/aromatic N) is 2. The minimum atomic E-state index is -4.43. The Morgan fingerprint density at radius 1 is 1.05 bits per heavy atom. The highest BCUT2D eigenvalue weighted by Crippen LogP contribution is 2.31. The van der Waals surface area contributed by atoms with Crippen molar-refractivity contribution >= 4 is 0 Å². The third-order valence-corrected chi connectivity index (χ3v) is 3.10. The van der Waals surface area contributed by atoms with E-state index in [1.54, 1.807) is 18.2 Å². The summed E-state index contributed by atoms with van der Waals surface area (Å²) in [5, 5.41) is 2.77. The lowest BCUT2D eigenvalue weighted by Crippen LogP contribution is -2.14. The van der Waals surface area contributed by atoms with Crippen LogP contribution in [-0.4, -0.2) is 14.8 Å². The SMILES string of the molecule is O=c1cc(-c2cccc(C(F)(F)F)c2)[nH]n1-c1ccccn1. The number of nitrogens with one attached hydrogen (secondary N) is 1. The highest BCUT2D eigenvalue weighted by atomic mass is 19.4. The fourth-order valence-corrected chi connectivity index (χ4v) is 2.06. The molecule has 4 nitrogen and oxygen atoms in total. The van der Waals surface area contributed by atoms with E-state index in [9.17, 15) is 18.0 Å². The second-order valence-corrected chi connectivity index (χ2v) is 4.61. The lowest BCUT2D eigenvalue weighted by atomic mass is 10.1. The number of halogens is 3. The largest absolute Gasteiger partial charge is 0.416 e. The van der Waals surface area contributed by atoms with Crippen molar-refractivity contribution < 1.29 is 13.2 Å². The van der Waals surface area contributed by atoms with Crippen molar-refractivity contribution in [3.05, 3.63) is 70.6 Å². The van der Waals surface area contributed by atoms with Gasteiger partial charge in [0.2, 0.25) is 0 Å². The number of benzene rings is 1. The van der Waals surface area contributed by atoms with Crippen LogP contribution in [0.15, 0.2) is 59.5 Å². The van der Waals surface area contributed by atoms with E-state index >= 15 is 0 Å². The zero-order chi connectivity index (χ0) is 15.7. The maximum absolute atomic E-state index is 12.7. The Morgan fingerprint density at radius 3 is 2.55 bits per heavy atom. The van der Waals surface area contributed by atoms with E-state index in [2.05, 4.69) is 10.1 Å². The van der Waals surface area contributed by atoms with Crippen molar-refractivity contribution in [2.24, 2.45) is 0 Å². The number of rotatable bonds is 2. The first kappa shape index (κ1) is 14.1. The van der Waals surface area contributed by atoms with E-state index in [1.807, 2.05) is 0 Å². The van der Waals surface area contributed by atoms with Gasteiger partial charge < -0.3 is 0 Å². The van der Waals surface area contributed by atoms with Crippen molar-refractivity contribution in [2.75, 3.05) is 0 Å². The Kier molecular flexibility index (Phi) is 3.32. The lowest BCUT2D eigenvalue weighted by molar-refractivity contribution is -0.137. The Balaban J connectivity index is 2.06. The molecule has 2 aromatic heterocycles. The number of aromatic nitrogens is 3. The molecule has 3 rings (SSSR count). The highest BCUT2D eigenvalue weighted by Gasteiger charge is 2.30. The van der Waals surface area contributed by atoms with Crippen LogP contribution in [0.3, 0.4) is 0 Å². The predicted octanol–water partition coefficient (Wildman–Crippen LogP) is 3.25. The standard InChI is InChI=1S/C15H10F3N3O/c16-15(17,18)11-5-3-4-10(8-11)12-9-14(22)21(20-12)13-6-1-2-7-19-13/h1-9,20H. The first-order chi connectivity index (χ1) is 10.4. The van der Waals surface area contributed by atoms with Crippen LogP contribution < -0.4 is 5.56 Å². The van der Waals surface area contributed by atoms with Gasteiger partial charge in [0, 0.05) is 17.8 Å². The molecule has 0 aliphatic carbocycles. The zero-order valence-corrected chi connectivity index (χ0v) is 11.1. The molecule has 22 heavy (non-hydrogen) atoms. The third-order valence-electron chi connectivity index (χ3n) is 3.10. The van der Waals surface area contributed by atoms with E-state index in [0.29, 0.717) is 11.5 Å². The van der Waals surface area contributed by atoms with Gasteiger partial charge in [0.25, 0.3) is 5.56 Å². The summed E-state index contributed by atoms with van der Waals surface area (Å²) >= 11 is 0. The van der Waals surface area contributed by atoms with Crippen LogP contribution in [0.2, 0.25) is 0 Å². The maximum Gasteiger partial charge on any atom is 0.416 e. The monoisotopic (exact) mass is 305 g/mol. The maximum atomic E-state index is 12.7. The van der Waals surface area contributed by atoms with Gasteiger partial charge >= 0.3 is 6.18 Å². The van der Waals surface area contributed by atoms with Crippen LogP contribution in [0.4, 0.5) is 13.2 Å². The van der Waals surface area contributed by atoms with Crippen LogP contribution in [0, 0.1) is 0 Å². The summed E-state index contributed by atoms with van der Waals surface area (Å²) < 4.78 is 39.4. The van der Waals surface area contributed by atoms with E-state index in [4.69, 9.17) is 0 Å². The molecular weight excluding hydrogens is 295 g/mol. The normalized spacial score (nSPS) is 11.6. The Bertz CT molecular complexity index is 850. The number of pyridine rings is 1. The zero-order valence-electron chi connectivity index (χ0n) is 11.1. The topological polar surface area (TPSA) is 50.7 Å². The third kappa shape index (κ3) is 2.65. The molecule has 0 saturated carbocycles. The predicted molar refractivity (Wildman–Crippen MR) is 74.6 cm³/mol. The summed E-state index contributed by atoms with van der Waals surface area (Å²) in [6.07, 6.45) is -2.91. The number of hydrogen-bond donors (Lipinski definition) is 1. The van der Waals surface area contributed by atoms with Gasteiger partial charge in [-0.3, -0.25) is 9.89 Å². The summed E-state index contributed by atoms with van der Waals surface area (Å²) in [4.78, 5) is 16.0. The summed E-state index contributed by atoms with van der Waals surface area (Å²) in [5.74, 6) is 0.366. The first-order valence-corrected chi connectivity index (χ1v) is 6.36. The van der Waals surface area contributed by atoms with Crippen molar-refractivity contribution in [1.82, 2.24) is 14.8 Å². The molecule has 7 heteroatoms. The molecule has 0 spiro atoms. The molecule has 0 amide bonds. The van der Waals surface area contributed by atoms with Gasteiger partial charge in [-0.25, -0.2) is 9.67 Å². The summed E-state index contributed by atoms with van der Waals surface area (Å²) in [5.41, 5.74) is -0.592. The van der Waals surface area contributed by atoms with Crippen LogP contribution in [0.5, 0.6) is 0 Å². The Labute approximate surface area is 122 Å². The van der Waals surface area contributed by atoms with Crippen molar-refractivity contribution in [3.63, 3.8) is 0 Å². The molecule has 0 fully saturated rings. The first-order valence-electron chi connectivity index (χ1n) is 6.36. The minimum Gasteiger partial charge on any atom is -0.289 e. The summed E-state index contributed by atoms with van der Waals surface area (Å²) in [6, 6.07) is 11.0. The number of alkyl halides is 3. The van der Waals surface area contributed by atoms with Gasteiger partial charge in [0.1, 0.15) is 0 Å². The molecule has 1 N–H and O–H groups in total. The van der Waals surface area contributed by atoms with Crippen LogP contribution in [0.1, 0.15) is 5.56 Å². The average Bonchev–Trinajstić information content (AvgIpc) is 2.89. The Morgan fingerprint density at radius 2 is 1.86 bits per heavy atom. The fraction of sp³-hybridized carbons (Fsp3) is 0.0667. The van der Waals surface area contributed by atoms with Gasteiger partial charge in [-0.15, -0.1) is 0 Å². The molecule has 112 valence electrons. The number of aromatic amines is 1. The molecule has 1 aromatic carbocycles. The highest BCUT2D eigenvalue weighted by molar-refractivity contribution is 5.60.